The quantitative estimate of drug-likeness (QED) is 0.426. The van der Waals surface area contributed by atoms with Gasteiger partial charge in [-0.25, -0.2) is 0 Å². The fraction of sp³-hybridized carbons (Fsp3) is 0.857. The average molecular weight is 250 g/mol. The van der Waals surface area contributed by atoms with Crippen molar-refractivity contribution < 1.29 is 14.3 Å². The van der Waals surface area contributed by atoms with Crippen molar-refractivity contribution in [3.63, 3.8) is 0 Å². The van der Waals surface area contributed by atoms with Gasteiger partial charge in [0.2, 0.25) is 3.79 Å². The third-order valence-corrected chi connectivity index (χ3v) is 1.38. The number of halogens is 3. The van der Waals surface area contributed by atoms with Crippen molar-refractivity contribution in [2.45, 2.75) is 17.1 Å². The summed E-state index contributed by atoms with van der Waals surface area (Å²) < 4.78 is 8.03. The number of rotatable bonds is 5. The highest BCUT2D eigenvalue weighted by Gasteiger charge is 2.21. The minimum Gasteiger partial charge on any atom is -0.461 e. The predicted molar refractivity (Wildman–Crippen MR) is 52.4 cm³/mol. The SMILES string of the molecule is CCOCCC(=O)OCC(Cl)(Cl)Cl. The second kappa shape index (κ2) is 6.71. The van der Waals surface area contributed by atoms with Crippen LogP contribution in [0.4, 0.5) is 0 Å². The first-order valence-electron chi connectivity index (χ1n) is 3.76. The Balaban J connectivity index is 3.41. The van der Waals surface area contributed by atoms with Crippen molar-refractivity contribution in [2.24, 2.45) is 0 Å². The van der Waals surface area contributed by atoms with E-state index in [4.69, 9.17) is 39.5 Å². The lowest BCUT2D eigenvalue weighted by Gasteiger charge is -2.10. The molecular weight excluding hydrogens is 238 g/mol. The van der Waals surface area contributed by atoms with Gasteiger partial charge in [-0.15, -0.1) is 0 Å². The lowest BCUT2D eigenvalue weighted by Crippen LogP contribution is -2.18. The third-order valence-electron chi connectivity index (χ3n) is 1.05. The molecule has 0 amide bonds. The molecule has 13 heavy (non-hydrogen) atoms. The molecule has 0 spiro atoms. The zero-order valence-electron chi connectivity index (χ0n) is 7.19. The largest absolute Gasteiger partial charge is 0.461 e. The average Bonchev–Trinajstić information content (AvgIpc) is 2.00. The maximum absolute atomic E-state index is 10.9. The molecule has 0 saturated carbocycles. The summed E-state index contributed by atoms with van der Waals surface area (Å²) in [6.45, 7) is 2.50. The van der Waals surface area contributed by atoms with Crippen LogP contribution in [-0.4, -0.2) is 29.6 Å². The molecule has 0 saturated heterocycles. The van der Waals surface area contributed by atoms with E-state index in [-0.39, 0.29) is 13.0 Å². The van der Waals surface area contributed by atoms with Gasteiger partial charge >= 0.3 is 5.97 Å². The van der Waals surface area contributed by atoms with E-state index in [9.17, 15) is 4.79 Å². The van der Waals surface area contributed by atoms with E-state index in [1.807, 2.05) is 6.92 Å². The summed E-state index contributed by atoms with van der Waals surface area (Å²) in [4.78, 5) is 10.9. The van der Waals surface area contributed by atoms with E-state index in [1.165, 1.54) is 0 Å². The maximum atomic E-state index is 10.9. The number of hydrogen-bond acceptors (Lipinski definition) is 3. The molecule has 0 fully saturated rings. The van der Waals surface area contributed by atoms with Gasteiger partial charge in [0.1, 0.15) is 6.61 Å². The van der Waals surface area contributed by atoms with E-state index >= 15 is 0 Å². The summed E-state index contributed by atoms with van der Waals surface area (Å²) in [6.07, 6.45) is 0.175. The number of hydrogen-bond donors (Lipinski definition) is 0. The Morgan fingerprint density at radius 3 is 2.46 bits per heavy atom. The Kier molecular flexibility index (Phi) is 6.86. The number of esters is 1. The second-order valence-electron chi connectivity index (χ2n) is 2.22. The minimum atomic E-state index is -1.54. The summed E-state index contributed by atoms with van der Waals surface area (Å²) in [6, 6.07) is 0. The van der Waals surface area contributed by atoms with Crippen molar-refractivity contribution in [3.05, 3.63) is 0 Å². The van der Waals surface area contributed by atoms with Crippen LogP contribution in [0, 0.1) is 0 Å². The molecule has 0 bridgehead atoms. The lowest BCUT2D eigenvalue weighted by atomic mass is 10.5. The van der Waals surface area contributed by atoms with Crippen molar-refractivity contribution in [2.75, 3.05) is 19.8 Å². The summed E-state index contributed by atoms with van der Waals surface area (Å²) in [5.41, 5.74) is 0. The summed E-state index contributed by atoms with van der Waals surface area (Å²) in [5.74, 6) is -0.431. The topological polar surface area (TPSA) is 35.5 Å². The molecule has 0 aromatic carbocycles. The van der Waals surface area contributed by atoms with Crippen LogP contribution in [0.25, 0.3) is 0 Å². The van der Waals surface area contributed by atoms with Gasteiger partial charge in [-0.2, -0.15) is 0 Å². The van der Waals surface area contributed by atoms with E-state index in [0.717, 1.165) is 0 Å². The van der Waals surface area contributed by atoms with Gasteiger partial charge in [-0.1, -0.05) is 34.8 Å². The Bertz CT molecular complexity index is 156. The first-order chi connectivity index (χ1) is 5.95. The highest BCUT2D eigenvalue weighted by atomic mass is 35.6. The third kappa shape index (κ3) is 10.2. The van der Waals surface area contributed by atoms with Crippen molar-refractivity contribution >= 4 is 40.8 Å². The summed E-state index contributed by atoms with van der Waals surface area (Å²) in [7, 11) is 0. The number of carbonyl (C=O) groups excluding carboxylic acids is 1. The highest BCUT2D eigenvalue weighted by molar-refractivity contribution is 6.67. The fourth-order valence-corrected chi connectivity index (χ4v) is 0.698. The molecule has 0 heterocycles. The van der Waals surface area contributed by atoms with Gasteiger partial charge < -0.3 is 9.47 Å². The Hall–Kier alpha value is 0.300. The van der Waals surface area contributed by atoms with Crippen LogP contribution in [0.1, 0.15) is 13.3 Å². The molecule has 0 aromatic heterocycles. The van der Waals surface area contributed by atoms with Crippen LogP contribution in [0.15, 0.2) is 0 Å². The van der Waals surface area contributed by atoms with Crippen LogP contribution in [0.2, 0.25) is 0 Å². The molecule has 0 aliphatic rings. The molecule has 3 nitrogen and oxygen atoms in total. The van der Waals surface area contributed by atoms with Crippen LogP contribution >= 0.6 is 34.8 Å². The lowest BCUT2D eigenvalue weighted by molar-refractivity contribution is -0.144. The van der Waals surface area contributed by atoms with Crippen molar-refractivity contribution in [1.29, 1.82) is 0 Å². The number of alkyl halides is 3. The standard InChI is InChI=1S/C7H11Cl3O3/c1-2-12-4-3-6(11)13-5-7(8,9)10/h2-5H2,1H3. The molecule has 0 aliphatic carbocycles. The van der Waals surface area contributed by atoms with Crippen LogP contribution in [0.5, 0.6) is 0 Å². The van der Waals surface area contributed by atoms with Gasteiger partial charge in [-0.3, -0.25) is 4.79 Å². The second-order valence-corrected chi connectivity index (χ2v) is 4.74. The maximum Gasteiger partial charge on any atom is 0.308 e. The first-order valence-corrected chi connectivity index (χ1v) is 4.89. The normalized spacial score (nSPS) is 11.4. The zero-order chi connectivity index (χ0) is 10.3. The molecule has 0 aliphatic heterocycles. The van der Waals surface area contributed by atoms with E-state index in [2.05, 4.69) is 4.74 Å². The molecule has 0 atom stereocenters. The molecule has 0 unspecified atom stereocenters. The molecule has 0 rings (SSSR count). The molecule has 6 heteroatoms. The van der Waals surface area contributed by atoms with Crippen LogP contribution in [0.3, 0.4) is 0 Å². The molecule has 0 aromatic rings. The first kappa shape index (κ1) is 13.3. The molecular formula is C7H11Cl3O3. The van der Waals surface area contributed by atoms with Crippen molar-refractivity contribution in [3.8, 4) is 0 Å². The predicted octanol–water partition coefficient (Wildman–Crippen LogP) is 2.33. The molecule has 0 radical (unpaired) electrons. The Morgan fingerprint density at radius 2 is 2.00 bits per heavy atom. The van der Waals surface area contributed by atoms with Gasteiger partial charge in [0, 0.05) is 6.61 Å². The zero-order valence-corrected chi connectivity index (χ0v) is 9.45. The molecule has 0 N–H and O–H groups in total. The smallest absolute Gasteiger partial charge is 0.308 e. The Morgan fingerprint density at radius 1 is 1.38 bits per heavy atom. The van der Waals surface area contributed by atoms with E-state index in [1.54, 1.807) is 0 Å². The van der Waals surface area contributed by atoms with Crippen LogP contribution < -0.4 is 0 Å². The van der Waals surface area contributed by atoms with Crippen molar-refractivity contribution in [1.82, 2.24) is 0 Å². The van der Waals surface area contributed by atoms with Gasteiger partial charge in [0.05, 0.1) is 13.0 Å². The van der Waals surface area contributed by atoms with Gasteiger partial charge in [0.25, 0.3) is 0 Å². The molecule has 78 valence electrons. The summed E-state index contributed by atoms with van der Waals surface area (Å²) in [5, 5.41) is 0. The Labute approximate surface area is 92.2 Å². The van der Waals surface area contributed by atoms with E-state index < -0.39 is 9.76 Å². The number of ether oxygens (including phenoxy) is 2. The monoisotopic (exact) mass is 248 g/mol. The highest BCUT2D eigenvalue weighted by Crippen LogP contribution is 2.25. The minimum absolute atomic E-state index is 0.175. The fourth-order valence-electron chi connectivity index (χ4n) is 0.534. The summed E-state index contributed by atoms with van der Waals surface area (Å²) >= 11 is 16.1. The van der Waals surface area contributed by atoms with Crippen LogP contribution in [-0.2, 0) is 14.3 Å². The van der Waals surface area contributed by atoms with Gasteiger partial charge in [0.15, 0.2) is 0 Å². The van der Waals surface area contributed by atoms with Gasteiger partial charge in [-0.05, 0) is 6.92 Å². The number of carbonyl (C=O) groups is 1. The van der Waals surface area contributed by atoms with E-state index in [0.29, 0.717) is 13.2 Å².